The molecule has 1 atom stereocenters. The van der Waals surface area contributed by atoms with Gasteiger partial charge in [-0.15, -0.1) is 0 Å². The van der Waals surface area contributed by atoms with Gasteiger partial charge in [-0.2, -0.15) is 0 Å². The first kappa shape index (κ1) is 24.2. The molecule has 33 heavy (non-hydrogen) atoms. The van der Waals surface area contributed by atoms with Gasteiger partial charge in [-0.3, -0.25) is 4.79 Å². The third-order valence-corrected chi connectivity index (χ3v) is 5.68. The van der Waals surface area contributed by atoms with Crippen molar-refractivity contribution in [1.29, 1.82) is 0 Å². The van der Waals surface area contributed by atoms with Crippen LogP contribution < -0.4 is 24.8 Å². The lowest BCUT2D eigenvalue weighted by Gasteiger charge is -2.31. The minimum atomic E-state index is -0.647. The van der Waals surface area contributed by atoms with Crippen LogP contribution in [0.25, 0.3) is 0 Å². The van der Waals surface area contributed by atoms with Gasteiger partial charge in [0.1, 0.15) is 11.8 Å². The third kappa shape index (κ3) is 6.09. The molecule has 2 aromatic carbocycles. The predicted octanol–water partition coefficient (Wildman–Crippen LogP) is 3.83. The van der Waals surface area contributed by atoms with E-state index in [0.29, 0.717) is 48.9 Å². The molecular formula is C25H33N3O5. The number of hydrogen-bond acceptors (Lipinski definition) is 5. The molecule has 1 heterocycles. The molecule has 8 nitrogen and oxygen atoms in total. The van der Waals surface area contributed by atoms with Crippen LogP contribution in [-0.4, -0.2) is 50.8 Å². The van der Waals surface area contributed by atoms with E-state index in [9.17, 15) is 9.59 Å². The fraction of sp³-hybridized carbons (Fsp3) is 0.440. The fourth-order valence-electron chi connectivity index (χ4n) is 3.90. The summed E-state index contributed by atoms with van der Waals surface area (Å²) in [5, 5.41) is 5.83. The van der Waals surface area contributed by atoms with Gasteiger partial charge < -0.3 is 29.7 Å². The minimum absolute atomic E-state index is 0.232. The summed E-state index contributed by atoms with van der Waals surface area (Å²) in [4.78, 5) is 27.8. The second kappa shape index (κ2) is 10.9. The molecule has 0 spiro atoms. The molecule has 0 saturated heterocycles. The third-order valence-electron chi connectivity index (χ3n) is 5.68. The number of carbonyl (C=O) groups excluding carboxylic acids is 2. The number of benzene rings is 2. The summed E-state index contributed by atoms with van der Waals surface area (Å²) < 4.78 is 15.9. The van der Waals surface area contributed by atoms with Crippen LogP contribution in [0.2, 0.25) is 0 Å². The van der Waals surface area contributed by atoms with Crippen molar-refractivity contribution in [3.63, 3.8) is 0 Å². The SMILES string of the molecule is COc1ccc(NC(=O)[C@H](CC(C)C)NC(=O)N2CCc3cc(OC)c(OC)cc3C2)cc1. The lowest BCUT2D eigenvalue weighted by Crippen LogP contribution is -2.51. The normalized spacial score (nSPS) is 13.7. The van der Waals surface area contributed by atoms with Gasteiger partial charge in [-0.1, -0.05) is 13.8 Å². The molecule has 0 radical (unpaired) electrons. The first-order valence-corrected chi connectivity index (χ1v) is 11.1. The Bertz CT molecular complexity index is 975. The van der Waals surface area contributed by atoms with E-state index in [2.05, 4.69) is 10.6 Å². The summed E-state index contributed by atoms with van der Waals surface area (Å²) >= 11 is 0. The summed E-state index contributed by atoms with van der Waals surface area (Å²) in [7, 11) is 4.79. The quantitative estimate of drug-likeness (QED) is 0.632. The number of amides is 3. The molecule has 0 bridgehead atoms. The highest BCUT2D eigenvalue weighted by molar-refractivity contribution is 5.97. The number of urea groups is 1. The largest absolute Gasteiger partial charge is 0.497 e. The molecule has 1 aliphatic heterocycles. The van der Waals surface area contributed by atoms with Crippen LogP contribution in [0.4, 0.5) is 10.5 Å². The van der Waals surface area contributed by atoms with Crippen LogP contribution in [0.15, 0.2) is 36.4 Å². The maximum atomic E-state index is 13.1. The van der Waals surface area contributed by atoms with Gasteiger partial charge in [0.25, 0.3) is 0 Å². The topological polar surface area (TPSA) is 89.1 Å². The molecule has 0 fully saturated rings. The number of fused-ring (bicyclic) bond motifs is 1. The first-order chi connectivity index (χ1) is 15.8. The van der Waals surface area contributed by atoms with Crippen LogP contribution >= 0.6 is 0 Å². The van der Waals surface area contributed by atoms with Gasteiger partial charge in [0.2, 0.25) is 5.91 Å². The molecule has 8 heteroatoms. The summed E-state index contributed by atoms with van der Waals surface area (Å²) in [5.41, 5.74) is 2.79. The van der Waals surface area contributed by atoms with E-state index in [1.54, 1.807) is 50.5 Å². The highest BCUT2D eigenvalue weighted by atomic mass is 16.5. The predicted molar refractivity (Wildman–Crippen MR) is 127 cm³/mol. The van der Waals surface area contributed by atoms with Crippen LogP contribution in [-0.2, 0) is 17.8 Å². The number of hydrogen-bond donors (Lipinski definition) is 2. The molecule has 2 N–H and O–H groups in total. The molecule has 0 unspecified atom stereocenters. The zero-order valence-corrected chi connectivity index (χ0v) is 19.9. The van der Waals surface area contributed by atoms with Gasteiger partial charge in [-0.05, 0) is 66.3 Å². The lowest BCUT2D eigenvalue weighted by molar-refractivity contribution is -0.118. The molecule has 3 rings (SSSR count). The van der Waals surface area contributed by atoms with Crippen molar-refractivity contribution in [2.45, 2.75) is 39.3 Å². The number of ether oxygens (including phenoxy) is 3. The van der Waals surface area contributed by atoms with E-state index in [4.69, 9.17) is 14.2 Å². The van der Waals surface area contributed by atoms with E-state index < -0.39 is 6.04 Å². The number of anilines is 1. The van der Waals surface area contributed by atoms with E-state index in [0.717, 1.165) is 11.1 Å². The van der Waals surface area contributed by atoms with Gasteiger partial charge in [0, 0.05) is 18.8 Å². The van der Waals surface area contributed by atoms with E-state index in [1.165, 1.54) is 0 Å². The Kier molecular flexibility index (Phi) is 8.03. The van der Waals surface area contributed by atoms with Crippen molar-refractivity contribution in [3.05, 3.63) is 47.5 Å². The Labute approximate surface area is 195 Å². The van der Waals surface area contributed by atoms with E-state index in [-0.39, 0.29) is 17.9 Å². The van der Waals surface area contributed by atoms with Gasteiger partial charge in [0.15, 0.2) is 11.5 Å². The maximum Gasteiger partial charge on any atom is 0.318 e. The van der Waals surface area contributed by atoms with Crippen LogP contribution in [0.5, 0.6) is 17.2 Å². The molecular weight excluding hydrogens is 422 g/mol. The van der Waals surface area contributed by atoms with E-state index in [1.807, 2.05) is 26.0 Å². The van der Waals surface area contributed by atoms with Crippen molar-refractivity contribution >= 4 is 17.6 Å². The monoisotopic (exact) mass is 455 g/mol. The summed E-state index contributed by atoms with van der Waals surface area (Å²) in [6, 6.07) is 10.1. The molecule has 3 amide bonds. The van der Waals surface area contributed by atoms with Gasteiger partial charge in [-0.25, -0.2) is 4.79 Å². The summed E-state index contributed by atoms with van der Waals surface area (Å²) in [6.07, 6.45) is 1.24. The summed E-state index contributed by atoms with van der Waals surface area (Å²) in [6.45, 7) is 5.05. The second-order valence-electron chi connectivity index (χ2n) is 8.50. The van der Waals surface area contributed by atoms with Crippen molar-refractivity contribution in [2.75, 3.05) is 33.2 Å². The highest BCUT2D eigenvalue weighted by Gasteiger charge is 2.27. The smallest absolute Gasteiger partial charge is 0.318 e. The fourth-order valence-corrected chi connectivity index (χ4v) is 3.90. The second-order valence-corrected chi connectivity index (χ2v) is 8.50. The molecule has 2 aromatic rings. The number of methoxy groups -OCH3 is 3. The Morgan fingerprint density at radius 1 is 0.970 bits per heavy atom. The number of nitrogens with zero attached hydrogens (tertiary/aromatic N) is 1. The van der Waals surface area contributed by atoms with Gasteiger partial charge in [0.05, 0.1) is 21.3 Å². The summed E-state index contributed by atoms with van der Waals surface area (Å²) in [5.74, 6) is 2.01. The first-order valence-electron chi connectivity index (χ1n) is 11.1. The van der Waals surface area contributed by atoms with Crippen molar-refractivity contribution in [1.82, 2.24) is 10.2 Å². The van der Waals surface area contributed by atoms with Crippen LogP contribution in [0, 0.1) is 5.92 Å². The van der Waals surface area contributed by atoms with Crippen LogP contribution in [0.3, 0.4) is 0 Å². The standard InChI is InChI=1S/C25H33N3O5/c1-16(2)12-21(24(29)26-19-6-8-20(31-3)9-7-19)27-25(30)28-11-10-17-13-22(32-4)23(33-5)14-18(17)15-28/h6-9,13-14,16,21H,10-12,15H2,1-5H3,(H,26,29)(H,27,30)/t21-/m0/s1. The molecule has 1 aliphatic rings. The zero-order valence-electron chi connectivity index (χ0n) is 19.9. The maximum absolute atomic E-state index is 13.1. The number of nitrogens with one attached hydrogen (secondary N) is 2. The molecule has 0 aliphatic carbocycles. The Hall–Kier alpha value is -3.42. The zero-order chi connectivity index (χ0) is 24.0. The van der Waals surface area contributed by atoms with Gasteiger partial charge >= 0.3 is 6.03 Å². The molecule has 178 valence electrons. The lowest BCUT2D eigenvalue weighted by atomic mass is 9.99. The van der Waals surface area contributed by atoms with E-state index >= 15 is 0 Å². The average Bonchev–Trinajstić information content (AvgIpc) is 2.82. The Morgan fingerprint density at radius 2 is 1.61 bits per heavy atom. The average molecular weight is 456 g/mol. The molecule has 0 aromatic heterocycles. The number of rotatable bonds is 8. The van der Waals surface area contributed by atoms with Crippen molar-refractivity contribution in [2.24, 2.45) is 5.92 Å². The minimum Gasteiger partial charge on any atom is -0.497 e. The Morgan fingerprint density at radius 3 is 2.18 bits per heavy atom. The van der Waals surface area contributed by atoms with Crippen LogP contribution in [0.1, 0.15) is 31.4 Å². The highest BCUT2D eigenvalue weighted by Crippen LogP contribution is 2.33. The van der Waals surface area contributed by atoms with Crippen molar-refractivity contribution < 1.29 is 23.8 Å². The number of carbonyl (C=O) groups is 2. The molecule has 0 saturated carbocycles. The Balaban J connectivity index is 1.69. The van der Waals surface area contributed by atoms with Crippen molar-refractivity contribution in [3.8, 4) is 17.2 Å².